The molecule has 0 saturated carbocycles. The molecule has 17 heavy (non-hydrogen) atoms. The lowest BCUT2D eigenvalue weighted by molar-refractivity contribution is 0.0234. The maximum atomic E-state index is 8.94. The Hall–Kier alpha value is -1.64. The fourth-order valence-electron chi connectivity index (χ4n) is 1.72. The smallest absolute Gasteiger partial charge is 0.159 e. The zero-order valence-corrected chi connectivity index (χ0v) is 9.13. The van der Waals surface area contributed by atoms with Crippen LogP contribution in [0.5, 0.6) is 0 Å². The molecule has 1 aromatic heterocycles. The summed E-state index contributed by atoms with van der Waals surface area (Å²) in [7, 11) is 0. The van der Waals surface area contributed by atoms with E-state index in [1.807, 2.05) is 5.48 Å². The van der Waals surface area contributed by atoms with Gasteiger partial charge in [0.05, 0.1) is 12.7 Å². The first kappa shape index (κ1) is 11.8. The lowest BCUT2D eigenvalue weighted by Crippen LogP contribution is -2.23. The minimum Gasteiger partial charge on any atom is -0.394 e. The summed E-state index contributed by atoms with van der Waals surface area (Å²) in [5, 5.41) is 20.9. The Labute approximate surface area is 97.8 Å². The maximum absolute atomic E-state index is 8.94. The third-order valence-corrected chi connectivity index (χ3v) is 2.60. The van der Waals surface area contributed by atoms with Crippen molar-refractivity contribution in [2.45, 2.75) is 25.2 Å². The van der Waals surface area contributed by atoms with E-state index in [1.54, 1.807) is 0 Å². The van der Waals surface area contributed by atoms with E-state index >= 15 is 0 Å². The molecular weight excluding hydrogens is 226 g/mol. The van der Waals surface area contributed by atoms with Crippen LogP contribution in [0.25, 0.3) is 0 Å². The van der Waals surface area contributed by atoms with E-state index in [0.717, 1.165) is 12.8 Å². The van der Waals surface area contributed by atoms with E-state index in [9.17, 15) is 0 Å². The number of hydrogen-bond donors (Lipinski definition) is 5. The molecule has 0 aliphatic carbocycles. The van der Waals surface area contributed by atoms with Crippen LogP contribution in [-0.2, 0) is 4.74 Å². The van der Waals surface area contributed by atoms with E-state index < -0.39 is 0 Å². The Morgan fingerprint density at radius 2 is 2.29 bits per heavy atom. The molecule has 2 rings (SSSR count). The average Bonchev–Trinajstić information content (AvgIpc) is 2.77. The summed E-state index contributed by atoms with van der Waals surface area (Å²) in [6.07, 6.45) is 2.40. The number of aliphatic hydroxyl groups excluding tert-OH is 1. The van der Waals surface area contributed by atoms with E-state index in [0.29, 0.717) is 5.82 Å². The quantitative estimate of drug-likeness (QED) is 0.458. The number of ether oxygens (including phenoxy) is 1. The van der Waals surface area contributed by atoms with Crippen molar-refractivity contribution in [3.8, 4) is 0 Å². The molecule has 1 fully saturated rings. The molecule has 8 nitrogen and oxygen atoms in total. The summed E-state index contributed by atoms with van der Waals surface area (Å²) in [6, 6.07) is 0. The number of anilines is 3. The van der Waals surface area contributed by atoms with Crippen molar-refractivity contribution in [3.05, 3.63) is 6.33 Å². The van der Waals surface area contributed by atoms with Crippen molar-refractivity contribution in [1.82, 2.24) is 9.97 Å². The highest BCUT2D eigenvalue weighted by atomic mass is 16.5. The summed E-state index contributed by atoms with van der Waals surface area (Å²) in [4.78, 5) is 7.70. The lowest BCUT2D eigenvalue weighted by Gasteiger charge is -2.16. The fraction of sp³-hybridized carbons (Fsp3) is 0.556. The standard InChI is InChI=1S/C9H15N5O3/c10-8-7(14-16)9(12-4-11-8)13-6-2-1-5(3-15)17-6/h4-6,14-16H,1-3H2,(H3,10,11,12,13)/t5-,6+/m0/s1. The molecule has 1 aromatic rings. The normalized spacial score (nSPS) is 23.6. The molecule has 1 saturated heterocycles. The lowest BCUT2D eigenvalue weighted by atomic mass is 10.2. The van der Waals surface area contributed by atoms with E-state index in [1.165, 1.54) is 6.33 Å². The third kappa shape index (κ3) is 2.54. The highest BCUT2D eigenvalue weighted by Gasteiger charge is 2.25. The van der Waals surface area contributed by atoms with Crippen LogP contribution in [0, 0.1) is 0 Å². The van der Waals surface area contributed by atoms with Crippen molar-refractivity contribution < 1.29 is 15.1 Å². The van der Waals surface area contributed by atoms with Gasteiger partial charge in [0.15, 0.2) is 11.6 Å². The van der Waals surface area contributed by atoms with Gasteiger partial charge in [-0.2, -0.15) is 0 Å². The van der Waals surface area contributed by atoms with Crippen LogP contribution in [0.3, 0.4) is 0 Å². The van der Waals surface area contributed by atoms with Crippen molar-refractivity contribution in [2.75, 3.05) is 23.1 Å². The van der Waals surface area contributed by atoms with Gasteiger partial charge in [0.25, 0.3) is 0 Å². The number of nitrogens with two attached hydrogens (primary N) is 1. The minimum atomic E-state index is -0.256. The molecule has 0 bridgehead atoms. The zero-order chi connectivity index (χ0) is 12.3. The number of nitrogens with one attached hydrogen (secondary N) is 2. The van der Waals surface area contributed by atoms with Gasteiger partial charge < -0.3 is 20.9 Å². The molecule has 94 valence electrons. The molecule has 0 unspecified atom stereocenters. The van der Waals surface area contributed by atoms with Gasteiger partial charge in [-0.1, -0.05) is 0 Å². The van der Waals surface area contributed by atoms with Crippen LogP contribution in [0.1, 0.15) is 12.8 Å². The number of nitrogens with zero attached hydrogens (tertiary/aromatic N) is 2. The fourth-order valence-corrected chi connectivity index (χ4v) is 1.72. The molecular formula is C9H15N5O3. The number of aromatic nitrogens is 2. The van der Waals surface area contributed by atoms with Gasteiger partial charge in [-0.25, -0.2) is 9.97 Å². The summed E-state index contributed by atoms with van der Waals surface area (Å²) in [6.45, 7) is -0.00476. The first-order valence-corrected chi connectivity index (χ1v) is 5.28. The van der Waals surface area contributed by atoms with Crippen LogP contribution < -0.4 is 16.5 Å². The van der Waals surface area contributed by atoms with Crippen LogP contribution in [-0.4, -0.2) is 39.2 Å². The molecule has 6 N–H and O–H groups in total. The molecule has 0 aromatic carbocycles. The molecule has 0 spiro atoms. The molecule has 8 heteroatoms. The van der Waals surface area contributed by atoms with Gasteiger partial charge in [0.2, 0.25) is 0 Å². The highest BCUT2D eigenvalue weighted by molar-refractivity contribution is 5.74. The highest BCUT2D eigenvalue weighted by Crippen LogP contribution is 2.27. The van der Waals surface area contributed by atoms with E-state index in [4.69, 9.17) is 20.8 Å². The van der Waals surface area contributed by atoms with Gasteiger partial charge in [-0.05, 0) is 12.8 Å². The molecule has 2 heterocycles. The van der Waals surface area contributed by atoms with Crippen LogP contribution in [0.15, 0.2) is 6.33 Å². The maximum Gasteiger partial charge on any atom is 0.159 e. The van der Waals surface area contributed by atoms with Crippen molar-refractivity contribution in [1.29, 1.82) is 0 Å². The van der Waals surface area contributed by atoms with Crippen molar-refractivity contribution in [2.24, 2.45) is 0 Å². The minimum absolute atomic E-state index is 0.00476. The first-order chi connectivity index (χ1) is 8.24. The van der Waals surface area contributed by atoms with Crippen molar-refractivity contribution in [3.63, 3.8) is 0 Å². The van der Waals surface area contributed by atoms with Gasteiger partial charge in [0, 0.05) is 0 Å². The predicted molar refractivity (Wildman–Crippen MR) is 60.5 cm³/mol. The molecule has 1 aliphatic heterocycles. The Morgan fingerprint density at radius 1 is 1.47 bits per heavy atom. The van der Waals surface area contributed by atoms with Gasteiger partial charge >= 0.3 is 0 Å². The van der Waals surface area contributed by atoms with Crippen LogP contribution in [0.2, 0.25) is 0 Å². The second-order valence-corrected chi connectivity index (χ2v) is 3.75. The summed E-state index contributed by atoms with van der Waals surface area (Å²) in [5.41, 5.74) is 7.72. The molecule has 0 radical (unpaired) electrons. The molecule has 2 atom stereocenters. The number of aliphatic hydroxyl groups is 1. The number of hydrogen-bond acceptors (Lipinski definition) is 8. The Balaban J connectivity index is 2.06. The third-order valence-electron chi connectivity index (χ3n) is 2.60. The Bertz CT molecular complexity index is 389. The second-order valence-electron chi connectivity index (χ2n) is 3.75. The van der Waals surface area contributed by atoms with Crippen LogP contribution in [0.4, 0.5) is 17.3 Å². The van der Waals surface area contributed by atoms with Gasteiger partial charge in [0.1, 0.15) is 18.2 Å². The zero-order valence-electron chi connectivity index (χ0n) is 9.13. The number of rotatable bonds is 4. The molecule has 0 amide bonds. The van der Waals surface area contributed by atoms with Gasteiger partial charge in [-0.3, -0.25) is 10.7 Å². The largest absolute Gasteiger partial charge is 0.394 e. The predicted octanol–water partition coefficient (Wildman–Crippen LogP) is -0.231. The monoisotopic (exact) mass is 241 g/mol. The summed E-state index contributed by atoms with van der Waals surface area (Å²) in [5.74, 6) is 0.505. The van der Waals surface area contributed by atoms with E-state index in [-0.39, 0.29) is 30.4 Å². The average molecular weight is 241 g/mol. The first-order valence-electron chi connectivity index (χ1n) is 5.28. The second kappa shape index (κ2) is 5.13. The Morgan fingerprint density at radius 3 is 2.94 bits per heavy atom. The van der Waals surface area contributed by atoms with Gasteiger partial charge in [-0.15, -0.1) is 0 Å². The number of nitrogen functional groups attached to an aromatic ring is 1. The summed E-state index contributed by atoms with van der Waals surface area (Å²) >= 11 is 0. The Kier molecular flexibility index (Phi) is 3.57. The van der Waals surface area contributed by atoms with E-state index in [2.05, 4.69) is 15.3 Å². The van der Waals surface area contributed by atoms with Crippen molar-refractivity contribution >= 4 is 17.3 Å². The topological polar surface area (TPSA) is 126 Å². The van der Waals surface area contributed by atoms with Crippen LogP contribution >= 0.6 is 0 Å². The molecule has 1 aliphatic rings. The SMILES string of the molecule is Nc1ncnc(N[C@H]2CC[C@@H](CO)O2)c1NO. The summed E-state index contributed by atoms with van der Waals surface area (Å²) < 4.78 is 5.48.